The number of hydrogen-bond donors (Lipinski definition) is 1. The van der Waals surface area contributed by atoms with Crippen LogP contribution in [-0.4, -0.2) is 42.7 Å². The number of carbonyl (C=O) groups excluding carboxylic acids is 1. The molecule has 0 fully saturated rings. The lowest BCUT2D eigenvalue weighted by atomic mass is 10.2. The Morgan fingerprint density at radius 3 is 2.33 bits per heavy atom. The van der Waals surface area contributed by atoms with Crippen LogP contribution in [0.4, 0.5) is 11.4 Å². The highest BCUT2D eigenvalue weighted by Gasteiger charge is 2.27. The zero-order valence-electron chi connectivity index (χ0n) is 16.7. The lowest BCUT2D eigenvalue weighted by molar-refractivity contribution is -0.386. The van der Waals surface area contributed by atoms with Crippen LogP contribution in [0.5, 0.6) is 5.75 Å². The zero-order chi connectivity index (χ0) is 22.5. The van der Waals surface area contributed by atoms with Crippen molar-refractivity contribution in [3.63, 3.8) is 0 Å². The molecule has 2 aromatic rings. The van der Waals surface area contributed by atoms with E-state index in [1.807, 2.05) is 0 Å². The Morgan fingerprint density at radius 2 is 1.80 bits per heavy atom. The molecule has 11 heteroatoms. The van der Waals surface area contributed by atoms with Gasteiger partial charge in [-0.15, -0.1) is 0 Å². The number of sulfonamides is 1. The minimum Gasteiger partial charge on any atom is -0.474 e. The normalized spacial score (nSPS) is 12.4. The highest BCUT2D eigenvalue weighted by molar-refractivity contribution is 7.89. The molecule has 30 heavy (non-hydrogen) atoms. The molecule has 0 heterocycles. The summed E-state index contributed by atoms with van der Waals surface area (Å²) in [7, 11) is -3.88. The maximum absolute atomic E-state index is 12.6. The summed E-state index contributed by atoms with van der Waals surface area (Å²) in [6, 6.07) is 9.74. The van der Waals surface area contributed by atoms with Crippen LogP contribution in [0.25, 0.3) is 0 Å². The van der Waals surface area contributed by atoms with E-state index in [0.29, 0.717) is 10.7 Å². The van der Waals surface area contributed by atoms with Gasteiger partial charge in [0, 0.05) is 29.9 Å². The Bertz CT molecular complexity index is 1020. The summed E-state index contributed by atoms with van der Waals surface area (Å²) in [5.41, 5.74) is -0.0654. The lowest BCUT2D eigenvalue weighted by Gasteiger charge is -2.19. The molecule has 0 aliphatic carbocycles. The average molecular weight is 456 g/mol. The smallest absolute Gasteiger partial charge is 0.312 e. The molecule has 1 amide bonds. The Hall–Kier alpha value is -2.69. The van der Waals surface area contributed by atoms with Crippen molar-refractivity contribution in [2.24, 2.45) is 0 Å². The molecule has 0 aliphatic heterocycles. The van der Waals surface area contributed by atoms with Crippen LogP contribution in [0.15, 0.2) is 47.4 Å². The minimum absolute atomic E-state index is 0.211. The van der Waals surface area contributed by atoms with Crippen molar-refractivity contribution >= 4 is 38.9 Å². The third-order valence-corrected chi connectivity index (χ3v) is 6.55. The summed E-state index contributed by atoms with van der Waals surface area (Å²) < 4.78 is 31.9. The Balaban J connectivity index is 2.25. The van der Waals surface area contributed by atoms with Crippen molar-refractivity contribution in [3.05, 3.63) is 57.6 Å². The van der Waals surface area contributed by atoms with Crippen molar-refractivity contribution < 1.29 is 22.9 Å². The predicted octanol–water partition coefficient (Wildman–Crippen LogP) is 3.68. The maximum atomic E-state index is 12.6. The van der Waals surface area contributed by atoms with Crippen LogP contribution < -0.4 is 10.1 Å². The number of amides is 1. The first-order valence-corrected chi connectivity index (χ1v) is 10.9. The lowest BCUT2D eigenvalue weighted by Crippen LogP contribution is -2.31. The van der Waals surface area contributed by atoms with E-state index in [-0.39, 0.29) is 23.7 Å². The molecule has 1 atom stereocenters. The van der Waals surface area contributed by atoms with E-state index in [0.717, 1.165) is 6.07 Å². The number of hydrogen-bond acceptors (Lipinski definition) is 6. The third kappa shape index (κ3) is 5.47. The molecule has 2 aromatic carbocycles. The predicted molar refractivity (Wildman–Crippen MR) is 113 cm³/mol. The van der Waals surface area contributed by atoms with E-state index < -0.39 is 32.6 Å². The number of nitro groups is 1. The molecule has 9 nitrogen and oxygen atoms in total. The molecule has 162 valence electrons. The number of carbonyl (C=O) groups is 1. The monoisotopic (exact) mass is 455 g/mol. The van der Waals surface area contributed by atoms with Crippen LogP contribution in [0.1, 0.15) is 20.8 Å². The Morgan fingerprint density at radius 1 is 1.20 bits per heavy atom. The number of ether oxygens (including phenoxy) is 1. The molecule has 1 unspecified atom stereocenters. The first-order chi connectivity index (χ1) is 14.1. The highest BCUT2D eigenvalue weighted by Crippen LogP contribution is 2.31. The second-order valence-corrected chi connectivity index (χ2v) is 8.61. The van der Waals surface area contributed by atoms with E-state index in [2.05, 4.69) is 5.32 Å². The van der Waals surface area contributed by atoms with Crippen LogP contribution in [0, 0.1) is 10.1 Å². The molecule has 0 saturated heterocycles. The van der Waals surface area contributed by atoms with Gasteiger partial charge in [-0.3, -0.25) is 14.9 Å². The first-order valence-electron chi connectivity index (χ1n) is 9.11. The molecular formula is C19H22ClN3O6S. The van der Waals surface area contributed by atoms with Crippen LogP contribution in [-0.2, 0) is 14.8 Å². The fourth-order valence-electron chi connectivity index (χ4n) is 2.63. The van der Waals surface area contributed by atoms with E-state index >= 15 is 0 Å². The molecule has 0 spiro atoms. The number of nitrogens with zero attached hydrogens (tertiary/aromatic N) is 2. The molecular weight excluding hydrogens is 434 g/mol. The number of benzene rings is 2. The topological polar surface area (TPSA) is 119 Å². The van der Waals surface area contributed by atoms with Gasteiger partial charge in [-0.2, -0.15) is 4.31 Å². The zero-order valence-corrected chi connectivity index (χ0v) is 18.2. The minimum atomic E-state index is -3.88. The number of halogens is 1. The molecule has 0 aromatic heterocycles. The maximum Gasteiger partial charge on any atom is 0.312 e. The van der Waals surface area contributed by atoms with Gasteiger partial charge in [0.05, 0.1) is 9.82 Å². The van der Waals surface area contributed by atoms with Crippen molar-refractivity contribution in [1.82, 2.24) is 4.31 Å². The second-order valence-electron chi connectivity index (χ2n) is 6.23. The van der Waals surface area contributed by atoms with Gasteiger partial charge in [0.15, 0.2) is 11.9 Å². The fourth-order valence-corrected chi connectivity index (χ4v) is 4.24. The molecule has 0 radical (unpaired) electrons. The highest BCUT2D eigenvalue weighted by atomic mass is 35.5. The number of nitro benzene ring substituents is 1. The van der Waals surface area contributed by atoms with E-state index in [1.54, 1.807) is 38.1 Å². The van der Waals surface area contributed by atoms with Crippen molar-refractivity contribution in [2.75, 3.05) is 18.4 Å². The summed E-state index contributed by atoms with van der Waals surface area (Å²) in [4.78, 5) is 22.9. The SMILES string of the molecule is CCN(CC)S(=O)(=O)c1ccc(OC(C)C(=O)Nc2ccc(Cl)cc2)c([N+](=O)[O-])c1. The molecule has 2 rings (SSSR count). The Kier molecular flexibility index (Phi) is 7.77. The standard InChI is InChI=1S/C19H22ClN3O6S/c1-4-22(5-2)30(27,28)16-10-11-18(17(12-16)23(25)26)29-13(3)19(24)21-15-8-6-14(20)7-9-15/h6-13H,4-5H2,1-3H3,(H,21,24). The Labute approximate surface area is 179 Å². The van der Waals surface area contributed by atoms with Gasteiger partial charge < -0.3 is 10.1 Å². The summed E-state index contributed by atoms with van der Waals surface area (Å²) >= 11 is 5.80. The van der Waals surface area contributed by atoms with Gasteiger partial charge in [0.2, 0.25) is 10.0 Å². The van der Waals surface area contributed by atoms with E-state index in [9.17, 15) is 23.3 Å². The average Bonchev–Trinajstić information content (AvgIpc) is 2.70. The summed E-state index contributed by atoms with van der Waals surface area (Å²) in [6.45, 7) is 5.23. The fraction of sp³-hybridized carbons (Fsp3) is 0.316. The largest absolute Gasteiger partial charge is 0.474 e. The van der Waals surface area contributed by atoms with Crippen LogP contribution in [0.3, 0.4) is 0 Å². The van der Waals surface area contributed by atoms with Gasteiger partial charge in [-0.1, -0.05) is 25.4 Å². The van der Waals surface area contributed by atoms with Crippen molar-refractivity contribution in [1.29, 1.82) is 0 Å². The van der Waals surface area contributed by atoms with Gasteiger partial charge in [-0.05, 0) is 43.3 Å². The molecule has 1 N–H and O–H groups in total. The van der Waals surface area contributed by atoms with Crippen molar-refractivity contribution in [3.8, 4) is 5.75 Å². The summed E-state index contributed by atoms with van der Waals surface area (Å²) in [5, 5.41) is 14.6. The van der Waals surface area contributed by atoms with Gasteiger partial charge in [0.25, 0.3) is 5.91 Å². The van der Waals surface area contributed by atoms with Gasteiger partial charge in [-0.25, -0.2) is 8.42 Å². The number of nitrogens with one attached hydrogen (secondary N) is 1. The van der Waals surface area contributed by atoms with Gasteiger partial charge in [0.1, 0.15) is 0 Å². The summed E-state index contributed by atoms with van der Waals surface area (Å²) in [5.74, 6) is -0.747. The van der Waals surface area contributed by atoms with E-state index in [1.165, 1.54) is 23.4 Å². The number of anilines is 1. The third-order valence-electron chi connectivity index (χ3n) is 4.26. The summed E-state index contributed by atoms with van der Waals surface area (Å²) in [6.07, 6.45) is -1.08. The first kappa shape index (κ1) is 23.6. The second kappa shape index (κ2) is 9.88. The molecule has 0 bridgehead atoms. The van der Waals surface area contributed by atoms with Crippen molar-refractivity contribution in [2.45, 2.75) is 31.8 Å². The molecule has 0 saturated carbocycles. The van der Waals surface area contributed by atoms with Crippen LogP contribution >= 0.6 is 11.6 Å². The quantitative estimate of drug-likeness (QED) is 0.455. The molecule has 0 aliphatic rings. The van der Waals surface area contributed by atoms with Crippen LogP contribution in [0.2, 0.25) is 5.02 Å². The van der Waals surface area contributed by atoms with Gasteiger partial charge >= 0.3 is 5.69 Å². The van der Waals surface area contributed by atoms with E-state index in [4.69, 9.17) is 16.3 Å². The number of rotatable bonds is 9.